The Morgan fingerprint density at radius 2 is 1.83 bits per heavy atom. The minimum atomic E-state index is -4.42. The molecule has 0 radical (unpaired) electrons. The Hall–Kier alpha value is -3.04. The van der Waals surface area contributed by atoms with E-state index in [1.165, 1.54) is 24.4 Å². The van der Waals surface area contributed by atoms with Crippen LogP contribution < -0.4 is 4.74 Å². The molecule has 2 aliphatic rings. The molecule has 2 fully saturated rings. The molecule has 1 aliphatic heterocycles. The number of aromatic nitrogens is 2. The van der Waals surface area contributed by atoms with E-state index >= 15 is 0 Å². The number of carboxylic acid groups (broad SMARTS) is 1. The molecule has 1 saturated carbocycles. The van der Waals surface area contributed by atoms with Crippen molar-refractivity contribution in [2.24, 2.45) is 11.8 Å². The fraction of sp³-hybridized carbons (Fsp3) is 0.421. The maximum absolute atomic E-state index is 12.8. The van der Waals surface area contributed by atoms with Gasteiger partial charge in [-0.15, -0.1) is 0 Å². The van der Waals surface area contributed by atoms with Crippen LogP contribution >= 0.6 is 0 Å². The number of ether oxygens (including phenoxy) is 1. The predicted molar refractivity (Wildman–Crippen MR) is 93.6 cm³/mol. The van der Waals surface area contributed by atoms with Crippen LogP contribution in [0.2, 0.25) is 0 Å². The van der Waals surface area contributed by atoms with Crippen LogP contribution in [-0.2, 0) is 6.18 Å². The molecular formula is C19H18F3N3O4. The predicted octanol–water partition coefficient (Wildman–Crippen LogP) is 3.36. The van der Waals surface area contributed by atoms with Gasteiger partial charge in [-0.05, 0) is 48.9 Å². The summed E-state index contributed by atoms with van der Waals surface area (Å²) in [5.74, 6) is -0.645. The van der Waals surface area contributed by atoms with Gasteiger partial charge >= 0.3 is 18.2 Å². The quantitative estimate of drug-likeness (QED) is 0.841. The molecule has 7 nitrogen and oxygen atoms in total. The van der Waals surface area contributed by atoms with Gasteiger partial charge in [0.2, 0.25) is 0 Å². The molecule has 1 aliphatic carbocycles. The number of nitrogens with zero attached hydrogens (tertiary/aromatic N) is 3. The topological polar surface area (TPSA) is 84.7 Å². The molecule has 1 saturated heterocycles. The zero-order valence-electron chi connectivity index (χ0n) is 15.2. The molecule has 1 amide bonds. The molecule has 2 aromatic rings. The lowest BCUT2D eigenvalue weighted by Crippen LogP contribution is -2.34. The number of aromatic carboxylic acids is 1. The van der Waals surface area contributed by atoms with Gasteiger partial charge in [0.25, 0.3) is 0 Å². The van der Waals surface area contributed by atoms with Gasteiger partial charge in [0.1, 0.15) is 5.75 Å². The van der Waals surface area contributed by atoms with E-state index in [9.17, 15) is 22.8 Å². The van der Waals surface area contributed by atoms with Crippen molar-refractivity contribution in [2.75, 3.05) is 13.1 Å². The molecule has 29 heavy (non-hydrogen) atoms. The second-order valence-electron chi connectivity index (χ2n) is 7.40. The summed E-state index contributed by atoms with van der Waals surface area (Å²) in [5, 5.41) is 12.7. The number of fused-ring (bicyclic) bond motifs is 1. The number of carbonyl (C=O) groups is 2. The summed E-state index contributed by atoms with van der Waals surface area (Å²) in [7, 11) is 0. The first-order valence-corrected chi connectivity index (χ1v) is 9.13. The Bertz CT molecular complexity index is 929. The van der Waals surface area contributed by atoms with E-state index in [0.717, 1.165) is 16.8 Å². The number of carbonyl (C=O) groups excluding carboxylic acids is 1. The summed E-state index contributed by atoms with van der Waals surface area (Å²) in [5.41, 5.74) is -0.947. The third-order valence-corrected chi connectivity index (χ3v) is 5.45. The smallest absolute Gasteiger partial charge is 0.416 e. The molecular weight excluding hydrogens is 391 g/mol. The first-order valence-electron chi connectivity index (χ1n) is 9.13. The number of hydrogen-bond acceptors (Lipinski definition) is 4. The minimum Gasteiger partial charge on any atom is -0.490 e. The largest absolute Gasteiger partial charge is 0.490 e. The van der Waals surface area contributed by atoms with E-state index in [-0.39, 0.29) is 35.4 Å². The summed E-state index contributed by atoms with van der Waals surface area (Å²) < 4.78 is 45.3. The molecule has 0 unspecified atom stereocenters. The molecule has 4 rings (SSSR count). The van der Waals surface area contributed by atoms with Gasteiger partial charge in [-0.2, -0.15) is 23.0 Å². The zero-order chi connectivity index (χ0) is 20.8. The van der Waals surface area contributed by atoms with Crippen molar-refractivity contribution in [1.82, 2.24) is 14.7 Å². The lowest BCUT2D eigenvalue weighted by atomic mass is 10.0. The molecule has 1 N–H and O–H groups in total. The summed E-state index contributed by atoms with van der Waals surface area (Å²) in [4.78, 5) is 25.0. The van der Waals surface area contributed by atoms with Gasteiger partial charge in [0.05, 0.1) is 11.7 Å². The van der Waals surface area contributed by atoms with Crippen molar-refractivity contribution >= 4 is 12.0 Å². The fourth-order valence-corrected chi connectivity index (χ4v) is 4.12. The number of likely N-dealkylation sites (tertiary alicyclic amines) is 1. The van der Waals surface area contributed by atoms with E-state index in [0.29, 0.717) is 25.9 Å². The third-order valence-electron chi connectivity index (χ3n) is 5.45. The van der Waals surface area contributed by atoms with Gasteiger partial charge < -0.3 is 14.7 Å². The number of benzene rings is 1. The van der Waals surface area contributed by atoms with E-state index < -0.39 is 17.7 Å². The normalized spacial score (nSPS) is 23.8. The van der Waals surface area contributed by atoms with Crippen LogP contribution in [-0.4, -0.2) is 51.0 Å². The van der Waals surface area contributed by atoms with Gasteiger partial charge in [0.15, 0.2) is 5.69 Å². The van der Waals surface area contributed by atoms with E-state index in [2.05, 4.69) is 5.10 Å². The highest BCUT2D eigenvalue weighted by atomic mass is 19.4. The van der Waals surface area contributed by atoms with Gasteiger partial charge in [-0.25, -0.2) is 9.59 Å². The maximum Gasteiger partial charge on any atom is 0.416 e. The average molecular weight is 409 g/mol. The SMILES string of the molecule is O=C(O)c1ccn(C(=O)N2C[C@H]3C[C@H](Oc4cccc(C(F)(F)F)c4)C[C@H]3C2)n1. The van der Waals surface area contributed by atoms with Crippen LogP contribution in [0.3, 0.4) is 0 Å². The van der Waals surface area contributed by atoms with Crippen LogP contribution in [0.25, 0.3) is 0 Å². The van der Waals surface area contributed by atoms with E-state index in [4.69, 9.17) is 9.84 Å². The number of alkyl halides is 3. The van der Waals surface area contributed by atoms with Crippen LogP contribution in [0.1, 0.15) is 28.9 Å². The standard InChI is InChI=1S/C19H18F3N3O4/c20-19(21,22)13-2-1-3-14(8-13)29-15-6-11-9-24(10-12(11)7-15)18(28)25-5-4-16(23-25)17(26)27/h1-5,8,11-12,15H,6-7,9-10H2,(H,26,27)/t11-,12+,15+. The highest BCUT2D eigenvalue weighted by molar-refractivity contribution is 5.86. The Balaban J connectivity index is 1.35. The second kappa shape index (κ2) is 7.09. The van der Waals surface area contributed by atoms with Crippen molar-refractivity contribution in [3.63, 3.8) is 0 Å². The van der Waals surface area contributed by atoms with Crippen molar-refractivity contribution in [2.45, 2.75) is 25.1 Å². The molecule has 0 bridgehead atoms. The molecule has 2 heterocycles. The molecule has 10 heteroatoms. The summed E-state index contributed by atoms with van der Waals surface area (Å²) in [6.07, 6.45) is -2.01. The number of carboxylic acids is 1. The lowest BCUT2D eigenvalue weighted by molar-refractivity contribution is -0.137. The van der Waals surface area contributed by atoms with E-state index in [1.54, 1.807) is 4.90 Å². The summed E-state index contributed by atoms with van der Waals surface area (Å²) >= 11 is 0. The highest BCUT2D eigenvalue weighted by Gasteiger charge is 2.44. The second-order valence-corrected chi connectivity index (χ2v) is 7.40. The Morgan fingerprint density at radius 3 is 2.41 bits per heavy atom. The van der Waals surface area contributed by atoms with Crippen molar-refractivity contribution in [1.29, 1.82) is 0 Å². The van der Waals surface area contributed by atoms with Crippen LogP contribution in [0.5, 0.6) is 5.75 Å². The van der Waals surface area contributed by atoms with E-state index in [1.807, 2.05) is 0 Å². The van der Waals surface area contributed by atoms with Crippen molar-refractivity contribution in [3.05, 3.63) is 47.8 Å². The average Bonchev–Trinajstić information content (AvgIpc) is 3.35. The van der Waals surface area contributed by atoms with Gasteiger partial charge in [-0.1, -0.05) is 6.07 Å². The molecule has 1 aromatic carbocycles. The zero-order valence-corrected chi connectivity index (χ0v) is 15.2. The van der Waals surface area contributed by atoms with Crippen LogP contribution in [0.15, 0.2) is 36.5 Å². The lowest BCUT2D eigenvalue weighted by Gasteiger charge is -2.20. The Kier molecular flexibility index (Phi) is 4.71. The van der Waals surface area contributed by atoms with Gasteiger partial charge in [-0.3, -0.25) is 0 Å². The fourth-order valence-electron chi connectivity index (χ4n) is 4.12. The Labute approximate surface area is 163 Å². The molecule has 1 aromatic heterocycles. The number of hydrogen-bond donors (Lipinski definition) is 1. The maximum atomic E-state index is 12.8. The monoisotopic (exact) mass is 409 g/mol. The van der Waals surface area contributed by atoms with Crippen LogP contribution in [0.4, 0.5) is 18.0 Å². The number of rotatable bonds is 3. The third kappa shape index (κ3) is 3.92. The minimum absolute atomic E-state index is 0.184. The molecule has 0 spiro atoms. The summed E-state index contributed by atoms with van der Waals surface area (Å²) in [6.45, 7) is 0.961. The first kappa shape index (κ1) is 19.3. The van der Waals surface area contributed by atoms with Gasteiger partial charge in [0, 0.05) is 19.3 Å². The van der Waals surface area contributed by atoms with Crippen molar-refractivity contribution < 1.29 is 32.6 Å². The number of halogens is 3. The van der Waals surface area contributed by atoms with Crippen LogP contribution in [0, 0.1) is 11.8 Å². The van der Waals surface area contributed by atoms with Crippen molar-refractivity contribution in [3.8, 4) is 5.75 Å². The summed E-state index contributed by atoms with van der Waals surface area (Å²) in [6, 6.07) is 5.71. The molecule has 154 valence electrons. The number of amides is 1. The molecule has 3 atom stereocenters. The first-order chi connectivity index (χ1) is 13.7. The highest BCUT2D eigenvalue weighted by Crippen LogP contribution is 2.40. The Morgan fingerprint density at radius 1 is 1.14 bits per heavy atom.